The van der Waals surface area contributed by atoms with Gasteiger partial charge >= 0.3 is 0 Å². The van der Waals surface area contributed by atoms with Crippen molar-refractivity contribution in [2.75, 3.05) is 13.1 Å². The van der Waals surface area contributed by atoms with Crippen LogP contribution in [0, 0.1) is 6.92 Å². The molecule has 20 heavy (non-hydrogen) atoms. The summed E-state index contributed by atoms with van der Waals surface area (Å²) in [6, 6.07) is 1.66. The lowest BCUT2D eigenvalue weighted by Crippen LogP contribution is -2.39. The van der Waals surface area contributed by atoms with Gasteiger partial charge in [0.1, 0.15) is 0 Å². The second kappa shape index (κ2) is 6.98. The third kappa shape index (κ3) is 4.61. The summed E-state index contributed by atoms with van der Waals surface area (Å²) in [6.07, 6.45) is 0. The van der Waals surface area contributed by atoms with Crippen LogP contribution in [0.5, 0.6) is 0 Å². The van der Waals surface area contributed by atoms with Crippen molar-refractivity contribution in [2.45, 2.75) is 13.5 Å². The molecule has 0 saturated carbocycles. The van der Waals surface area contributed by atoms with E-state index < -0.39 is 11.8 Å². The molecule has 0 bridgehead atoms. The summed E-state index contributed by atoms with van der Waals surface area (Å²) >= 11 is 1.28. The molecule has 110 valence electrons. The van der Waals surface area contributed by atoms with Crippen molar-refractivity contribution < 1.29 is 14.4 Å². The number of nitrogen functional groups attached to an aromatic ring is 1. The number of aryl methyl sites for hydroxylation is 1. The van der Waals surface area contributed by atoms with Crippen LogP contribution in [-0.2, 0) is 16.1 Å². The van der Waals surface area contributed by atoms with Gasteiger partial charge in [-0.05, 0) is 18.6 Å². The van der Waals surface area contributed by atoms with Gasteiger partial charge in [-0.15, -0.1) is 11.3 Å². The molecule has 0 fully saturated rings. The molecule has 3 amide bonds. The Hall–Kier alpha value is -1.97. The normalized spacial score (nSPS) is 10.6. The zero-order chi connectivity index (χ0) is 15.3. The van der Waals surface area contributed by atoms with E-state index in [2.05, 4.69) is 0 Å². The number of hydrogen-bond donors (Lipinski definition) is 4. The lowest BCUT2D eigenvalue weighted by Gasteiger charge is -2.18. The molecule has 0 aliphatic carbocycles. The molecule has 1 rings (SSSR count). The van der Waals surface area contributed by atoms with Crippen molar-refractivity contribution in [1.29, 1.82) is 0 Å². The van der Waals surface area contributed by atoms with Gasteiger partial charge in [-0.2, -0.15) is 0 Å². The molecule has 1 aromatic heterocycles. The number of nitrogens with two attached hydrogens (primary N) is 3. The van der Waals surface area contributed by atoms with Gasteiger partial charge in [0.2, 0.25) is 11.8 Å². The fourth-order valence-electron chi connectivity index (χ4n) is 1.71. The summed E-state index contributed by atoms with van der Waals surface area (Å²) < 4.78 is 0. The second-order valence-electron chi connectivity index (χ2n) is 4.24. The van der Waals surface area contributed by atoms with Crippen molar-refractivity contribution in [2.24, 2.45) is 17.3 Å². The number of thiophene rings is 1. The van der Waals surface area contributed by atoms with E-state index in [-0.39, 0.29) is 19.0 Å². The minimum atomic E-state index is -0.556. The Morgan fingerprint density at radius 3 is 2.25 bits per heavy atom. The zero-order valence-electron chi connectivity index (χ0n) is 11.0. The predicted octanol–water partition coefficient (Wildman–Crippen LogP) is -1.57. The summed E-state index contributed by atoms with van der Waals surface area (Å²) in [5.41, 5.74) is 13.1. The molecule has 9 heteroatoms. The van der Waals surface area contributed by atoms with Crippen molar-refractivity contribution in [3.63, 3.8) is 0 Å². The van der Waals surface area contributed by atoms with Crippen LogP contribution in [0.2, 0.25) is 0 Å². The molecular weight excluding hydrogens is 282 g/mol. The monoisotopic (exact) mass is 299 g/mol. The van der Waals surface area contributed by atoms with E-state index in [4.69, 9.17) is 17.3 Å². The summed E-state index contributed by atoms with van der Waals surface area (Å²) in [6.45, 7) is 1.96. The first-order valence-electron chi connectivity index (χ1n) is 5.72. The predicted molar refractivity (Wildman–Crippen MR) is 74.4 cm³/mol. The maximum absolute atomic E-state index is 11.4. The fraction of sp³-hybridized carbons (Fsp3) is 0.364. The number of hydrogen-bond acceptors (Lipinski definition) is 6. The Morgan fingerprint density at radius 2 is 1.80 bits per heavy atom. The molecule has 0 radical (unpaired) electrons. The highest BCUT2D eigenvalue weighted by atomic mass is 32.1. The molecule has 8 nitrogen and oxygen atoms in total. The number of nitrogens with one attached hydrogen (secondary N) is 1. The Kier molecular flexibility index (Phi) is 5.62. The Labute approximate surface area is 119 Å². The quantitative estimate of drug-likeness (QED) is 0.273. The molecule has 0 aliphatic rings. The van der Waals surface area contributed by atoms with Gasteiger partial charge in [0.25, 0.3) is 5.91 Å². The van der Waals surface area contributed by atoms with Gasteiger partial charge in [-0.3, -0.25) is 24.7 Å². The van der Waals surface area contributed by atoms with Gasteiger partial charge in [0, 0.05) is 11.4 Å². The third-order valence-electron chi connectivity index (χ3n) is 2.53. The average molecular weight is 299 g/mol. The molecule has 1 aromatic rings. The Balaban J connectivity index is 2.87. The first-order valence-corrected chi connectivity index (χ1v) is 6.54. The summed E-state index contributed by atoms with van der Waals surface area (Å²) in [5.74, 6) is 3.57. The van der Waals surface area contributed by atoms with Gasteiger partial charge in [-0.1, -0.05) is 0 Å². The SMILES string of the molecule is Cc1sc(C(=O)NN)cc1CN(CC(N)=O)CC(N)=O. The number of carbonyl (C=O) groups excluding carboxylic acids is 3. The van der Waals surface area contributed by atoms with Crippen molar-refractivity contribution in [1.82, 2.24) is 10.3 Å². The Morgan fingerprint density at radius 1 is 1.25 bits per heavy atom. The van der Waals surface area contributed by atoms with Crippen molar-refractivity contribution in [3.8, 4) is 0 Å². The maximum Gasteiger partial charge on any atom is 0.275 e. The fourth-order valence-corrected chi connectivity index (χ4v) is 2.65. The van der Waals surface area contributed by atoms with E-state index in [1.165, 1.54) is 16.2 Å². The number of carbonyl (C=O) groups is 3. The van der Waals surface area contributed by atoms with Crippen LogP contribution >= 0.6 is 11.3 Å². The number of hydrazine groups is 1. The highest BCUT2D eigenvalue weighted by molar-refractivity contribution is 7.14. The third-order valence-corrected chi connectivity index (χ3v) is 3.62. The van der Waals surface area contributed by atoms with Gasteiger partial charge in [0.15, 0.2) is 0 Å². The van der Waals surface area contributed by atoms with Gasteiger partial charge in [0.05, 0.1) is 18.0 Å². The summed E-state index contributed by atoms with van der Waals surface area (Å²) in [4.78, 5) is 36.3. The standard InChI is InChI=1S/C11H17N5O3S/c1-6-7(2-8(20-6)11(19)15-14)3-16(4-9(12)17)5-10(13)18/h2H,3-5,14H2,1H3,(H2,12,17)(H2,13,18)(H,15,19). The molecule has 0 spiro atoms. The summed E-state index contributed by atoms with van der Waals surface area (Å²) in [7, 11) is 0. The second-order valence-corrected chi connectivity index (χ2v) is 5.50. The van der Waals surface area contributed by atoms with E-state index in [0.29, 0.717) is 11.4 Å². The van der Waals surface area contributed by atoms with Crippen LogP contribution in [0.25, 0.3) is 0 Å². The molecule has 7 N–H and O–H groups in total. The van der Waals surface area contributed by atoms with Crippen molar-refractivity contribution >= 4 is 29.1 Å². The van der Waals surface area contributed by atoms with Crippen LogP contribution in [0.3, 0.4) is 0 Å². The average Bonchev–Trinajstić information content (AvgIpc) is 2.68. The number of nitrogens with zero attached hydrogens (tertiary/aromatic N) is 1. The van der Waals surface area contributed by atoms with Crippen LogP contribution < -0.4 is 22.7 Å². The van der Waals surface area contributed by atoms with Crippen molar-refractivity contribution in [3.05, 3.63) is 21.4 Å². The van der Waals surface area contributed by atoms with E-state index in [0.717, 1.165) is 10.4 Å². The zero-order valence-corrected chi connectivity index (χ0v) is 11.8. The highest BCUT2D eigenvalue weighted by Crippen LogP contribution is 2.22. The van der Waals surface area contributed by atoms with Crippen LogP contribution in [0.1, 0.15) is 20.1 Å². The topological polar surface area (TPSA) is 145 Å². The number of amides is 3. The molecule has 0 unspecified atom stereocenters. The van der Waals surface area contributed by atoms with Gasteiger partial charge < -0.3 is 11.5 Å². The largest absolute Gasteiger partial charge is 0.369 e. The Bertz CT molecular complexity index is 512. The number of primary amides is 2. The molecular formula is C11H17N5O3S. The van der Waals surface area contributed by atoms with E-state index in [1.807, 2.05) is 12.3 Å². The molecule has 1 heterocycles. The maximum atomic E-state index is 11.4. The molecule has 0 atom stereocenters. The number of rotatable bonds is 7. The van der Waals surface area contributed by atoms with Crippen LogP contribution in [-0.4, -0.2) is 35.7 Å². The lowest BCUT2D eigenvalue weighted by molar-refractivity contribution is -0.122. The molecule has 0 aromatic carbocycles. The smallest absolute Gasteiger partial charge is 0.275 e. The van der Waals surface area contributed by atoms with Gasteiger partial charge in [-0.25, -0.2) is 5.84 Å². The van der Waals surface area contributed by atoms with E-state index in [1.54, 1.807) is 6.07 Å². The minimum absolute atomic E-state index is 0.0867. The highest BCUT2D eigenvalue weighted by Gasteiger charge is 2.16. The van der Waals surface area contributed by atoms with Crippen LogP contribution in [0.15, 0.2) is 6.07 Å². The van der Waals surface area contributed by atoms with E-state index >= 15 is 0 Å². The first-order chi connectivity index (χ1) is 9.33. The molecule has 0 aliphatic heterocycles. The van der Waals surface area contributed by atoms with E-state index in [9.17, 15) is 14.4 Å². The van der Waals surface area contributed by atoms with Crippen LogP contribution in [0.4, 0.5) is 0 Å². The lowest BCUT2D eigenvalue weighted by atomic mass is 10.2. The summed E-state index contributed by atoms with van der Waals surface area (Å²) in [5, 5.41) is 0. The first kappa shape index (κ1) is 16.1. The molecule has 0 saturated heterocycles. The minimum Gasteiger partial charge on any atom is -0.369 e.